The Bertz CT molecular complexity index is 576. The fourth-order valence-electron chi connectivity index (χ4n) is 3.21. The first-order chi connectivity index (χ1) is 11.1. The van der Waals surface area contributed by atoms with Crippen LogP contribution < -0.4 is 0 Å². The third-order valence-electron chi connectivity index (χ3n) is 4.54. The summed E-state index contributed by atoms with van der Waals surface area (Å²) in [6, 6.07) is 6.52. The molecule has 6 heteroatoms. The van der Waals surface area contributed by atoms with Gasteiger partial charge >= 0.3 is 6.09 Å². The van der Waals surface area contributed by atoms with Gasteiger partial charge in [0.15, 0.2) is 0 Å². The van der Waals surface area contributed by atoms with E-state index in [1.165, 1.54) is 17.0 Å². The molecule has 0 radical (unpaired) electrons. The molecule has 0 aromatic heterocycles. The molecule has 2 aliphatic rings. The molecule has 1 aromatic carbocycles. The van der Waals surface area contributed by atoms with E-state index >= 15 is 0 Å². The van der Waals surface area contributed by atoms with E-state index in [-0.39, 0.29) is 24.2 Å². The molecule has 23 heavy (non-hydrogen) atoms. The number of hydrogen-bond donors (Lipinski definition) is 0. The second kappa shape index (κ2) is 6.98. The lowest BCUT2D eigenvalue weighted by atomic mass is 9.94. The molecule has 0 spiro atoms. The van der Waals surface area contributed by atoms with Crippen molar-refractivity contribution in [2.24, 2.45) is 0 Å². The van der Waals surface area contributed by atoms with Gasteiger partial charge in [-0.25, -0.2) is 9.18 Å². The number of halogens is 1. The van der Waals surface area contributed by atoms with Gasteiger partial charge in [-0.05, 0) is 30.5 Å². The Morgan fingerprint density at radius 3 is 2.70 bits per heavy atom. The molecular weight excluding hydrogens is 299 g/mol. The number of nitrogens with zero attached hydrogens (tertiary/aromatic N) is 2. The van der Waals surface area contributed by atoms with E-state index < -0.39 is 6.09 Å². The van der Waals surface area contributed by atoms with Gasteiger partial charge in [-0.15, -0.1) is 0 Å². The number of cyclic esters (lactones) is 1. The minimum Gasteiger partial charge on any atom is -0.448 e. The highest BCUT2D eigenvalue weighted by Gasteiger charge is 2.28. The van der Waals surface area contributed by atoms with Crippen molar-refractivity contribution in [1.29, 1.82) is 0 Å². The predicted octanol–water partition coefficient (Wildman–Crippen LogP) is 2.37. The quantitative estimate of drug-likeness (QED) is 0.859. The zero-order valence-electron chi connectivity index (χ0n) is 13.0. The summed E-state index contributed by atoms with van der Waals surface area (Å²) in [6.45, 7) is 2.23. The lowest BCUT2D eigenvalue weighted by Crippen LogP contribution is -2.42. The Morgan fingerprint density at radius 1 is 1.22 bits per heavy atom. The van der Waals surface area contributed by atoms with Crippen LogP contribution in [0.3, 0.4) is 0 Å². The summed E-state index contributed by atoms with van der Waals surface area (Å²) in [5, 5.41) is 0. The van der Waals surface area contributed by atoms with E-state index in [4.69, 9.17) is 4.74 Å². The van der Waals surface area contributed by atoms with Crippen molar-refractivity contribution in [3.05, 3.63) is 35.6 Å². The highest BCUT2D eigenvalue weighted by atomic mass is 19.1. The summed E-state index contributed by atoms with van der Waals surface area (Å²) in [5.41, 5.74) is 1.06. The third-order valence-corrected chi connectivity index (χ3v) is 4.54. The number of benzene rings is 1. The van der Waals surface area contributed by atoms with Gasteiger partial charge in [0.1, 0.15) is 19.0 Å². The number of hydrogen-bond acceptors (Lipinski definition) is 3. The van der Waals surface area contributed by atoms with Gasteiger partial charge in [-0.2, -0.15) is 0 Å². The summed E-state index contributed by atoms with van der Waals surface area (Å²) in [7, 11) is 0. The van der Waals surface area contributed by atoms with Crippen LogP contribution in [0.1, 0.15) is 30.7 Å². The number of carbonyl (C=O) groups is 2. The lowest BCUT2D eigenvalue weighted by Gasteiger charge is -2.26. The van der Waals surface area contributed by atoms with Crippen LogP contribution in [-0.4, -0.2) is 54.6 Å². The van der Waals surface area contributed by atoms with Gasteiger partial charge in [0.05, 0.1) is 6.54 Å². The molecule has 5 nitrogen and oxygen atoms in total. The molecule has 0 unspecified atom stereocenters. The maximum absolute atomic E-state index is 13.1. The van der Waals surface area contributed by atoms with Crippen molar-refractivity contribution in [2.75, 3.05) is 32.8 Å². The van der Waals surface area contributed by atoms with E-state index in [0.29, 0.717) is 26.2 Å². The molecule has 1 aromatic rings. The highest BCUT2D eigenvalue weighted by Crippen LogP contribution is 2.27. The molecule has 0 saturated carbocycles. The molecule has 124 valence electrons. The summed E-state index contributed by atoms with van der Waals surface area (Å²) >= 11 is 0. The maximum atomic E-state index is 13.1. The van der Waals surface area contributed by atoms with Gasteiger partial charge in [-0.1, -0.05) is 18.6 Å². The van der Waals surface area contributed by atoms with E-state index in [2.05, 4.69) is 0 Å². The Balaban J connectivity index is 1.65. The lowest BCUT2D eigenvalue weighted by molar-refractivity contribution is -0.131. The summed E-state index contributed by atoms with van der Waals surface area (Å²) in [6.07, 6.45) is 2.57. The molecule has 2 heterocycles. The van der Waals surface area contributed by atoms with Crippen LogP contribution >= 0.6 is 0 Å². The standard InChI is InChI=1S/C17H21FN2O3/c18-15-6-4-13(5-7-15)14-3-1-2-8-19(11-14)16(21)12-20-9-10-23-17(20)22/h4-7,14H,1-3,8-12H2/t14-/m1/s1. The largest absolute Gasteiger partial charge is 0.448 e. The van der Waals surface area contributed by atoms with Crippen LogP contribution in [0.25, 0.3) is 0 Å². The second-order valence-corrected chi connectivity index (χ2v) is 6.12. The molecule has 1 atom stereocenters. The number of amides is 2. The smallest absolute Gasteiger partial charge is 0.410 e. The van der Waals surface area contributed by atoms with Gasteiger partial charge in [0.25, 0.3) is 0 Å². The first-order valence-electron chi connectivity index (χ1n) is 8.08. The third kappa shape index (κ3) is 3.81. The van der Waals surface area contributed by atoms with Crippen molar-refractivity contribution in [2.45, 2.75) is 25.2 Å². The maximum Gasteiger partial charge on any atom is 0.410 e. The second-order valence-electron chi connectivity index (χ2n) is 6.12. The Morgan fingerprint density at radius 2 is 2.00 bits per heavy atom. The normalized spacial score (nSPS) is 22.0. The molecule has 2 fully saturated rings. The number of rotatable bonds is 3. The fourth-order valence-corrected chi connectivity index (χ4v) is 3.21. The monoisotopic (exact) mass is 320 g/mol. The number of likely N-dealkylation sites (tertiary alicyclic amines) is 1. The number of carbonyl (C=O) groups excluding carboxylic acids is 2. The number of ether oxygens (including phenoxy) is 1. The van der Waals surface area contributed by atoms with Crippen molar-refractivity contribution in [3.63, 3.8) is 0 Å². The van der Waals surface area contributed by atoms with Gasteiger partial charge in [0.2, 0.25) is 5.91 Å². The SMILES string of the molecule is O=C(CN1CCOC1=O)N1CCCC[C@@H](c2ccc(F)cc2)C1. The van der Waals surface area contributed by atoms with E-state index in [1.54, 1.807) is 12.1 Å². The summed E-state index contributed by atoms with van der Waals surface area (Å²) in [4.78, 5) is 27.2. The molecule has 2 amide bonds. The first kappa shape index (κ1) is 15.8. The molecule has 0 N–H and O–H groups in total. The van der Waals surface area contributed by atoms with Crippen LogP contribution in [0.4, 0.5) is 9.18 Å². The molecule has 3 rings (SSSR count). The average molecular weight is 320 g/mol. The van der Waals surface area contributed by atoms with Crippen LogP contribution in [0, 0.1) is 5.82 Å². The topological polar surface area (TPSA) is 49.9 Å². The minimum atomic E-state index is -0.414. The van der Waals surface area contributed by atoms with Crippen LogP contribution in [0.2, 0.25) is 0 Å². The zero-order valence-corrected chi connectivity index (χ0v) is 13.0. The van der Waals surface area contributed by atoms with Gasteiger partial charge in [0, 0.05) is 19.0 Å². The Kier molecular flexibility index (Phi) is 4.79. The van der Waals surface area contributed by atoms with Crippen molar-refractivity contribution in [1.82, 2.24) is 9.80 Å². The van der Waals surface area contributed by atoms with Crippen LogP contribution in [-0.2, 0) is 9.53 Å². The first-order valence-corrected chi connectivity index (χ1v) is 8.08. The fraction of sp³-hybridized carbons (Fsp3) is 0.529. The van der Waals surface area contributed by atoms with Crippen LogP contribution in [0.15, 0.2) is 24.3 Å². The summed E-state index contributed by atoms with van der Waals surface area (Å²) < 4.78 is 17.9. The molecule has 0 bridgehead atoms. The minimum absolute atomic E-state index is 0.0436. The van der Waals surface area contributed by atoms with Crippen molar-refractivity contribution < 1.29 is 18.7 Å². The highest BCUT2D eigenvalue weighted by molar-refractivity contribution is 5.83. The van der Waals surface area contributed by atoms with E-state index in [9.17, 15) is 14.0 Å². The summed E-state index contributed by atoms with van der Waals surface area (Å²) in [5.74, 6) is -0.0757. The van der Waals surface area contributed by atoms with Gasteiger partial charge < -0.3 is 9.64 Å². The van der Waals surface area contributed by atoms with Crippen molar-refractivity contribution >= 4 is 12.0 Å². The zero-order chi connectivity index (χ0) is 16.2. The average Bonchev–Trinajstić information content (AvgIpc) is 2.80. The van der Waals surface area contributed by atoms with Crippen molar-refractivity contribution in [3.8, 4) is 0 Å². The molecule has 2 saturated heterocycles. The molecule has 0 aliphatic carbocycles. The van der Waals surface area contributed by atoms with Gasteiger partial charge in [-0.3, -0.25) is 9.69 Å². The van der Waals surface area contributed by atoms with E-state index in [0.717, 1.165) is 24.8 Å². The molecule has 2 aliphatic heterocycles. The van der Waals surface area contributed by atoms with E-state index in [1.807, 2.05) is 4.90 Å². The predicted molar refractivity (Wildman–Crippen MR) is 82.5 cm³/mol. The Labute approximate surface area is 135 Å². The van der Waals surface area contributed by atoms with Crippen LogP contribution in [0.5, 0.6) is 0 Å². The molecular formula is C17H21FN2O3. The Hall–Kier alpha value is -2.11.